The van der Waals surface area contributed by atoms with E-state index in [-0.39, 0.29) is 12.0 Å². The molecule has 1 unspecified atom stereocenters. The molecule has 5 nitrogen and oxygen atoms in total. The van der Waals surface area contributed by atoms with Gasteiger partial charge in [0, 0.05) is 17.2 Å². The van der Waals surface area contributed by atoms with Crippen molar-refractivity contribution in [3.05, 3.63) is 59.2 Å². The summed E-state index contributed by atoms with van der Waals surface area (Å²) in [5, 5.41) is 11.8. The SMILES string of the molecule is COc1ccc(C(C#N)NC(=O)Cc2cc(F)ccc2F)c(OC)c1. The van der Waals surface area contributed by atoms with Crippen LogP contribution in [0.3, 0.4) is 0 Å². The second-order valence-corrected chi connectivity index (χ2v) is 5.15. The van der Waals surface area contributed by atoms with Crippen molar-refractivity contribution < 1.29 is 23.0 Å². The molecule has 2 rings (SSSR count). The van der Waals surface area contributed by atoms with Gasteiger partial charge in [-0.1, -0.05) is 0 Å². The average molecular weight is 346 g/mol. The number of hydrogen-bond acceptors (Lipinski definition) is 4. The first-order valence-electron chi connectivity index (χ1n) is 7.33. The molecule has 0 saturated heterocycles. The number of carbonyl (C=O) groups excluding carboxylic acids is 1. The van der Waals surface area contributed by atoms with Crippen molar-refractivity contribution in [1.82, 2.24) is 5.32 Å². The fourth-order valence-electron chi connectivity index (χ4n) is 2.30. The van der Waals surface area contributed by atoms with E-state index < -0.39 is 23.6 Å². The van der Waals surface area contributed by atoms with E-state index in [1.54, 1.807) is 18.2 Å². The number of nitrogens with zero attached hydrogens (tertiary/aromatic N) is 1. The van der Waals surface area contributed by atoms with E-state index in [0.29, 0.717) is 17.1 Å². The minimum Gasteiger partial charge on any atom is -0.497 e. The van der Waals surface area contributed by atoms with Crippen LogP contribution in [-0.2, 0) is 11.2 Å². The quantitative estimate of drug-likeness (QED) is 0.873. The lowest BCUT2D eigenvalue weighted by Gasteiger charge is -2.16. The van der Waals surface area contributed by atoms with Gasteiger partial charge < -0.3 is 14.8 Å². The maximum atomic E-state index is 13.6. The molecule has 0 aliphatic heterocycles. The van der Waals surface area contributed by atoms with Gasteiger partial charge >= 0.3 is 0 Å². The van der Waals surface area contributed by atoms with Crippen LogP contribution < -0.4 is 14.8 Å². The molecule has 130 valence electrons. The number of nitrogens with one attached hydrogen (secondary N) is 1. The number of rotatable bonds is 6. The second kappa shape index (κ2) is 8.11. The van der Waals surface area contributed by atoms with Gasteiger partial charge in [0.2, 0.25) is 5.91 Å². The maximum absolute atomic E-state index is 13.6. The molecule has 1 amide bonds. The number of benzene rings is 2. The van der Waals surface area contributed by atoms with Gasteiger partial charge in [0.25, 0.3) is 0 Å². The summed E-state index contributed by atoms with van der Waals surface area (Å²) in [6, 6.07) is 8.61. The normalized spacial score (nSPS) is 11.3. The average Bonchev–Trinajstić information content (AvgIpc) is 2.62. The van der Waals surface area contributed by atoms with Crippen LogP contribution >= 0.6 is 0 Å². The van der Waals surface area contributed by atoms with Gasteiger partial charge in [0.1, 0.15) is 29.2 Å². The molecule has 7 heteroatoms. The number of methoxy groups -OCH3 is 2. The van der Waals surface area contributed by atoms with Crippen molar-refractivity contribution in [3.8, 4) is 17.6 Å². The van der Waals surface area contributed by atoms with Crippen LogP contribution in [0.25, 0.3) is 0 Å². The van der Waals surface area contributed by atoms with Crippen LogP contribution in [0.2, 0.25) is 0 Å². The highest BCUT2D eigenvalue weighted by Gasteiger charge is 2.20. The Morgan fingerprint density at radius 3 is 2.60 bits per heavy atom. The molecule has 0 fully saturated rings. The fourth-order valence-corrected chi connectivity index (χ4v) is 2.30. The zero-order chi connectivity index (χ0) is 18.4. The summed E-state index contributed by atoms with van der Waals surface area (Å²) in [6.45, 7) is 0. The topological polar surface area (TPSA) is 71.3 Å². The number of carbonyl (C=O) groups is 1. The Labute approximate surface area is 143 Å². The molecule has 0 heterocycles. The lowest BCUT2D eigenvalue weighted by Crippen LogP contribution is -2.29. The summed E-state index contributed by atoms with van der Waals surface area (Å²) in [5.74, 6) is -1.05. The number of halogens is 2. The summed E-state index contributed by atoms with van der Waals surface area (Å²) < 4.78 is 37.1. The summed E-state index contributed by atoms with van der Waals surface area (Å²) in [5.41, 5.74) is 0.342. The first-order chi connectivity index (χ1) is 12.0. The third kappa shape index (κ3) is 4.44. The Balaban J connectivity index is 2.18. The molecule has 0 radical (unpaired) electrons. The maximum Gasteiger partial charge on any atom is 0.225 e. The fraction of sp³-hybridized carbons (Fsp3) is 0.222. The Hall–Kier alpha value is -3.14. The van der Waals surface area contributed by atoms with Gasteiger partial charge in [-0.2, -0.15) is 5.26 Å². The van der Waals surface area contributed by atoms with Crippen molar-refractivity contribution in [2.45, 2.75) is 12.5 Å². The van der Waals surface area contributed by atoms with E-state index in [1.807, 2.05) is 6.07 Å². The molecule has 2 aromatic rings. The molecule has 1 atom stereocenters. The molecular formula is C18H16F2N2O3. The van der Waals surface area contributed by atoms with Gasteiger partial charge in [-0.3, -0.25) is 4.79 Å². The van der Waals surface area contributed by atoms with Crippen LogP contribution in [-0.4, -0.2) is 20.1 Å². The molecular weight excluding hydrogens is 330 g/mol. The lowest BCUT2D eigenvalue weighted by atomic mass is 10.1. The zero-order valence-corrected chi connectivity index (χ0v) is 13.7. The van der Waals surface area contributed by atoms with Gasteiger partial charge in [0.15, 0.2) is 0 Å². The molecule has 0 aliphatic carbocycles. The summed E-state index contributed by atoms with van der Waals surface area (Å²) in [7, 11) is 2.92. The van der Waals surface area contributed by atoms with E-state index in [1.165, 1.54) is 14.2 Å². The molecule has 25 heavy (non-hydrogen) atoms. The van der Waals surface area contributed by atoms with Crippen molar-refractivity contribution in [3.63, 3.8) is 0 Å². The third-order valence-corrected chi connectivity index (χ3v) is 3.54. The summed E-state index contributed by atoms with van der Waals surface area (Å²) >= 11 is 0. The number of nitriles is 1. The van der Waals surface area contributed by atoms with Gasteiger partial charge in [-0.15, -0.1) is 0 Å². The standard InChI is InChI=1S/C18H16F2N2O3/c1-24-13-4-5-14(17(9-13)25-2)16(10-21)22-18(23)8-11-7-12(19)3-6-15(11)20/h3-7,9,16H,8H2,1-2H3,(H,22,23). The molecule has 0 bridgehead atoms. The van der Waals surface area contributed by atoms with E-state index in [0.717, 1.165) is 18.2 Å². The van der Waals surface area contributed by atoms with E-state index >= 15 is 0 Å². The van der Waals surface area contributed by atoms with Crippen LogP contribution in [0, 0.1) is 23.0 Å². The molecule has 0 aromatic heterocycles. The predicted molar refractivity (Wildman–Crippen MR) is 86.1 cm³/mol. The minimum atomic E-state index is -1.01. The van der Waals surface area contributed by atoms with Crippen molar-refractivity contribution in [2.75, 3.05) is 14.2 Å². The first-order valence-corrected chi connectivity index (χ1v) is 7.33. The van der Waals surface area contributed by atoms with Gasteiger partial charge in [0.05, 0.1) is 26.7 Å². The highest BCUT2D eigenvalue weighted by atomic mass is 19.1. The van der Waals surface area contributed by atoms with Crippen LogP contribution in [0.15, 0.2) is 36.4 Å². The monoisotopic (exact) mass is 346 g/mol. The predicted octanol–water partition coefficient (Wildman–Crippen LogP) is 2.91. The van der Waals surface area contributed by atoms with Crippen molar-refractivity contribution >= 4 is 5.91 Å². The van der Waals surface area contributed by atoms with E-state index in [4.69, 9.17) is 9.47 Å². The molecule has 0 aliphatic rings. The smallest absolute Gasteiger partial charge is 0.225 e. The largest absolute Gasteiger partial charge is 0.497 e. The second-order valence-electron chi connectivity index (χ2n) is 5.15. The highest BCUT2D eigenvalue weighted by molar-refractivity contribution is 5.79. The minimum absolute atomic E-state index is 0.0871. The van der Waals surface area contributed by atoms with Gasteiger partial charge in [-0.05, 0) is 30.3 Å². The van der Waals surface area contributed by atoms with Crippen molar-refractivity contribution in [2.24, 2.45) is 0 Å². The first kappa shape index (κ1) is 18.2. The highest BCUT2D eigenvalue weighted by Crippen LogP contribution is 2.29. The number of ether oxygens (including phenoxy) is 2. The third-order valence-electron chi connectivity index (χ3n) is 3.54. The summed E-state index contributed by atoms with van der Waals surface area (Å²) in [4.78, 5) is 12.1. The van der Waals surface area contributed by atoms with Crippen LogP contribution in [0.1, 0.15) is 17.2 Å². The van der Waals surface area contributed by atoms with Crippen molar-refractivity contribution in [1.29, 1.82) is 5.26 Å². The van der Waals surface area contributed by atoms with Crippen LogP contribution in [0.4, 0.5) is 8.78 Å². The number of amides is 1. The Morgan fingerprint density at radius 1 is 1.20 bits per heavy atom. The molecule has 0 spiro atoms. The van der Waals surface area contributed by atoms with Gasteiger partial charge in [-0.25, -0.2) is 8.78 Å². The summed E-state index contributed by atoms with van der Waals surface area (Å²) in [6.07, 6.45) is -0.389. The van der Waals surface area contributed by atoms with E-state index in [2.05, 4.69) is 5.32 Å². The molecule has 2 aromatic carbocycles. The Kier molecular flexibility index (Phi) is 5.90. The number of hydrogen-bond donors (Lipinski definition) is 1. The van der Waals surface area contributed by atoms with E-state index in [9.17, 15) is 18.8 Å². The zero-order valence-electron chi connectivity index (χ0n) is 13.7. The molecule has 1 N–H and O–H groups in total. The van der Waals surface area contributed by atoms with Crippen LogP contribution in [0.5, 0.6) is 11.5 Å². The Morgan fingerprint density at radius 2 is 1.96 bits per heavy atom. The molecule has 0 saturated carbocycles. The lowest BCUT2D eigenvalue weighted by molar-refractivity contribution is -0.120. The Bertz CT molecular complexity index is 818.